The fraction of sp³-hybridized carbons (Fsp3) is 0.318. The van der Waals surface area contributed by atoms with E-state index >= 15 is 0 Å². The molecular formula is C22H22FN7O3S. The monoisotopic (exact) mass is 483 g/mol. The zero-order valence-corrected chi connectivity index (χ0v) is 18.8. The average Bonchev–Trinajstić information content (AvgIpc) is 3.44. The minimum absolute atomic E-state index is 0.00656. The van der Waals surface area contributed by atoms with Crippen molar-refractivity contribution in [3.05, 3.63) is 36.4 Å². The molecule has 0 atom stereocenters. The van der Waals surface area contributed by atoms with Crippen LogP contribution < -0.4 is 10.2 Å². The Balaban J connectivity index is 0.000000764. The maximum atomic E-state index is 13.7. The average molecular weight is 484 g/mol. The van der Waals surface area contributed by atoms with Gasteiger partial charge in [0.1, 0.15) is 5.75 Å². The maximum absolute atomic E-state index is 13.7. The number of hydrogen-bond donors (Lipinski definition) is 4. The third kappa shape index (κ3) is 4.05. The summed E-state index contributed by atoms with van der Waals surface area (Å²) in [5.74, 6) is -0.533. The van der Waals surface area contributed by atoms with Crippen LogP contribution in [0.1, 0.15) is 12.8 Å². The number of piperidine rings is 1. The van der Waals surface area contributed by atoms with Gasteiger partial charge >= 0.3 is 0 Å². The third-order valence-electron chi connectivity index (χ3n) is 6.31. The molecule has 2 saturated heterocycles. The molecule has 2 fully saturated rings. The van der Waals surface area contributed by atoms with Gasteiger partial charge in [0, 0.05) is 24.1 Å². The van der Waals surface area contributed by atoms with E-state index in [0.717, 1.165) is 36.0 Å². The number of benzene rings is 1. The molecule has 4 aromatic rings. The van der Waals surface area contributed by atoms with Crippen molar-refractivity contribution >= 4 is 33.3 Å². The van der Waals surface area contributed by atoms with Crippen molar-refractivity contribution in [2.75, 3.05) is 31.1 Å². The molecule has 2 aliphatic rings. The van der Waals surface area contributed by atoms with Crippen LogP contribution in [0.15, 0.2) is 30.5 Å². The molecule has 10 nitrogen and oxygen atoms in total. The largest absolute Gasteiger partial charge is 0.507 e. The van der Waals surface area contributed by atoms with E-state index in [9.17, 15) is 9.50 Å². The van der Waals surface area contributed by atoms with Crippen LogP contribution in [-0.2, 0) is 4.79 Å². The van der Waals surface area contributed by atoms with Crippen LogP contribution in [0.4, 0.5) is 9.52 Å². The third-order valence-corrected chi connectivity index (χ3v) is 7.36. The van der Waals surface area contributed by atoms with Crippen molar-refractivity contribution in [2.24, 2.45) is 5.41 Å². The van der Waals surface area contributed by atoms with Gasteiger partial charge < -0.3 is 20.4 Å². The molecule has 1 spiro atoms. The van der Waals surface area contributed by atoms with E-state index in [1.165, 1.54) is 25.1 Å². The Morgan fingerprint density at radius 3 is 2.59 bits per heavy atom. The second-order valence-corrected chi connectivity index (χ2v) is 9.46. The molecule has 12 heteroatoms. The van der Waals surface area contributed by atoms with Crippen molar-refractivity contribution in [2.45, 2.75) is 12.8 Å². The molecule has 2 aliphatic heterocycles. The quantitative estimate of drug-likeness (QED) is 0.324. The normalized spacial score (nSPS) is 16.7. The molecule has 0 saturated carbocycles. The van der Waals surface area contributed by atoms with Gasteiger partial charge in [0.05, 0.1) is 22.2 Å². The number of nitrogens with zero attached hydrogens (tertiary/aromatic N) is 5. The van der Waals surface area contributed by atoms with Crippen molar-refractivity contribution in [3.8, 4) is 28.1 Å². The van der Waals surface area contributed by atoms with Crippen LogP contribution in [0, 0.1) is 11.4 Å². The van der Waals surface area contributed by atoms with E-state index in [2.05, 4.69) is 35.6 Å². The van der Waals surface area contributed by atoms with Gasteiger partial charge in [0.25, 0.3) is 6.47 Å². The summed E-state index contributed by atoms with van der Waals surface area (Å²) in [6, 6.07) is 6.85. The van der Waals surface area contributed by atoms with Crippen molar-refractivity contribution in [1.29, 1.82) is 0 Å². The first-order valence-corrected chi connectivity index (χ1v) is 11.5. The standard InChI is InChI=1S/C21H20FN7OS.CH2O2/c22-18-14(9-24-27-18)12-1-2-13(16(30)7-12)15-8-17-19(28-26-15)25-20(31-17)29-10-21(11-29)3-5-23-6-4-21;2-1-3/h1-2,7-9,23,30H,3-6,10-11H2,(H,24,27);1H,(H,2,3). The zero-order chi connectivity index (χ0) is 23.7. The summed E-state index contributed by atoms with van der Waals surface area (Å²) in [5.41, 5.74) is 2.98. The Morgan fingerprint density at radius 1 is 1.15 bits per heavy atom. The molecule has 0 amide bonds. The summed E-state index contributed by atoms with van der Waals surface area (Å²) < 4.78 is 14.7. The van der Waals surface area contributed by atoms with Crippen LogP contribution in [0.3, 0.4) is 0 Å². The second kappa shape index (κ2) is 8.95. The number of aromatic hydroxyl groups is 1. The number of halogens is 1. The highest BCUT2D eigenvalue weighted by molar-refractivity contribution is 7.22. The number of anilines is 1. The van der Waals surface area contributed by atoms with Gasteiger partial charge in [-0.05, 0) is 49.7 Å². The highest BCUT2D eigenvalue weighted by Crippen LogP contribution is 2.43. The van der Waals surface area contributed by atoms with E-state index in [1.54, 1.807) is 23.5 Å². The number of phenols is 1. The number of carbonyl (C=O) groups is 1. The first-order valence-electron chi connectivity index (χ1n) is 10.7. The number of hydrogen-bond acceptors (Lipinski definition) is 9. The van der Waals surface area contributed by atoms with E-state index in [4.69, 9.17) is 9.90 Å². The van der Waals surface area contributed by atoms with Crippen molar-refractivity contribution < 1.29 is 19.4 Å². The Kier molecular flexibility index (Phi) is 5.84. The lowest BCUT2D eigenvalue weighted by Gasteiger charge is -2.52. The Labute approximate surface area is 197 Å². The number of nitrogens with one attached hydrogen (secondary N) is 2. The van der Waals surface area contributed by atoms with Crippen LogP contribution >= 0.6 is 11.3 Å². The van der Waals surface area contributed by atoms with Crippen LogP contribution in [-0.4, -0.2) is 68.2 Å². The van der Waals surface area contributed by atoms with Gasteiger partial charge in [0.15, 0.2) is 10.8 Å². The fourth-order valence-electron chi connectivity index (χ4n) is 4.56. The minimum atomic E-state index is -0.539. The van der Waals surface area contributed by atoms with E-state index in [0.29, 0.717) is 33.4 Å². The Bertz CT molecular complexity index is 1330. The van der Waals surface area contributed by atoms with Crippen LogP contribution in [0.25, 0.3) is 32.7 Å². The zero-order valence-electron chi connectivity index (χ0n) is 18.0. The summed E-state index contributed by atoms with van der Waals surface area (Å²) in [7, 11) is 0. The van der Waals surface area contributed by atoms with E-state index < -0.39 is 5.95 Å². The van der Waals surface area contributed by atoms with Gasteiger partial charge in [-0.3, -0.25) is 9.89 Å². The molecule has 176 valence electrons. The predicted octanol–water partition coefficient (Wildman–Crippen LogP) is 2.88. The molecule has 0 unspecified atom stereocenters. The smallest absolute Gasteiger partial charge is 0.290 e. The van der Waals surface area contributed by atoms with Crippen LogP contribution in [0.5, 0.6) is 5.75 Å². The summed E-state index contributed by atoms with van der Waals surface area (Å²) in [5, 5.41) is 36.3. The lowest BCUT2D eigenvalue weighted by Crippen LogP contribution is -2.60. The number of phenolic OH excluding ortho intramolecular Hbond substituents is 1. The number of aromatic amines is 1. The minimum Gasteiger partial charge on any atom is -0.507 e. The Morgan fingerprint density at radius 2 is 1.91 bits per heavy atom. The number of rotatable bonds is 3. The Hall–Kier alpha value is -3.64. The SMILES string of the molecule is O=CO.Oc1cc(-c2cn[nH]c2F)ccc1-c1cc2sc(N3CC4(CCNCC4)C3)nc2nn1. The van der Waals surface area contributed by atoms with E-state index in [1.807, 2.05) is 6.07 Å². The maximum Gasteiger partial charge on any atom is 0.290 e. The van der Waals surface area contributed by atoms with Gasteiger partial charge in [-0.1, -0.05) is 17.4 Å². The summed E-state index contributed by atoms with van der Waals surface area (Å²) in [4.78, 5) is 15.4. The molecule has 6 rings (SSSR count). The number of aromatic nitrogens is 5. The molecule has 5 heterocycles. The second-order valence-electron chi connectivity index (χ2n) is 8.45. The van der Waals surface area contributed by atoms with Gasteiger partial charge in [-0.2, -0.15) is 14.5 Å². The fourth-order valence-corrected chi connectivity index (χ4v) is 5.49. The molecule has 0 aliphatic carbocycles. The molecule has 0 bridgehead atoms. The molecule has 34 heavy (non-hydrogen) atoms. The predicted molar refractivity (Wildman–Crippen MR) is 125 cm³/mol. The van der Waals surface area contributed by atoms with Crippen molar-refractivity contribution in [1.82, 2.24) is 30.7 Å². The number of thiazole rings is 1. The molecule has 1 aromatic carbocycles. The highest BCUT2D eigenvalue weighted by atomic mass is 32.1. The molecule has 4 N–H and O–H groups in total. The van der Waals surface area contributed by atoms with E-state index in [-0.39, 0.29) is 12.2 Å². The summed E-state index contributed by atoms with van der Waals surface area (Å²) >= 11 is 1.60. The number of fused-ring (bicyclic) bond motifs is 1. The van der Waals surface area contributed by atoms with Crippen LogP contribution in [0.2, 0.25) is 0 Å². The number of H-pyrrole nitrogens is 1. The highest BCUT2D eigenvalue weighted by Gasteiger charge is 2.44. The number of carboxylic acid groups (broad SMARTS) is 1. The first-order chi connectivity index (χ1) is 16.5. The summed E-state index contributed by atoms with van der Waals surface area (Å²) in [6.45, 7) is 4.03. The summed E-state index contributed by atoms with van der Waals surface area (Å²) in [6.07, 6.45) is 3.82. The first kappa shape index (κ1) is 22.2. The van der Waals surface area contributed by atoms with Crippen molar-refractivity contribution in [3.63, 3.8) is 0 Å². The lowest BCUT2D eigenvalue weighted by molar-refractivity contribution is -0.122. The molecular weight excluding hydrogens is 461 g/mol. The molecule has 3 aromatic heterocycles. The van der Waals surface area contributed by atoms with Gasteiger partial charge in [-0.25, -0.2) is 0 Å². The molecule has 0 radical (unpaired) electrons. The van der Waals surface area contributed by atoms with Gasteiger partial charge in [0.2, 0.25) is 5.95 Å². The topological polar surface area (TPSA) is 140 Å². The lowest BCUT2D eigenvalue weighted by atomic mass is 9.73. The van der Waals surface area contributed by atoms with Gasteiger partial charge in [-0.15, -0.1) is 10.2 Å².